The maximum Gasteiger partial charge on any atom is 0.0593 e. The van der Waals surface area contributed by atoms with Crippen LogP contribution in [0.25, 0.3) is 0 Å². The van der Waals surface area contributed by atoms with Crippen LogP contribution in [0.3, 0.4) is 0 Å². The molecule has 0 aliphatic rings. The van der Waals surface area contributed by atoms with Crippen LogP contribution in [0, 0.1) is 11.3 Å². The Hall–Kier alpha value is 0.360. The Morgan fingerprint density at radius 2 is 1.47 bits per heavy atom. The lowest BCUT2D eigenvalue weighted by Gasteiger charge is -2.34. The Labute approximate surface area is 128 Å². The van der Waals surface area contributed by atoms with E-state index in [1.165, 1.54) is 0 Å². The van der Waals surface area contributed by atoms with E-state index in [9.17, 15) is 0 Å². The summed E-state index contributed by atoms with van der Waals surface area (Å²) in [6.07, 6.45) is 0. The first-order valence-corrected chi connectivity index (χ1v) is 8.51. The molecule has 0 aliphatic carbocycles. The van der Waals surface area contributed by atoms with Gasteiger partial charge in [-0.05, 0) is 25.2 Å². The first kappa shape index (κ1) is 19.4. The van der Waals surface area contributed by atoms with Crippen LogP contribution in [0.2, 0.25) is 0 Å². The van der Waals surface area contributed by atoms with E-state index in [0.29, 0.717) is 11.3 Å². The molecule has 0 aromatic rings. The predicted octanol–water partition coefficient (Wildman–Crippen LogP) is 3.42. The van der Waals surface area contributed by atoms with E-state index in [1.54, 1.807) is 0 Å². The van der Waals surface area contributed by atoms with E-state index < -0.39 is 0 Å². The largest absolute Gasteiger partial charge is 0.380 e. The topological polar surface area (TPSA) is 21.7 Å². The summed E-state index contributed by atoms with van der Waals surface area (Å²) in [5.74, 6) is 0.635. The summed E-state index contributed by atoms with van der Waals surface area (Å²) in [7, 11) is 0. The van der Waals surface area contributed by atoms with Crippen molar-refractivity contribution >= 4 is 15.9 Å². The van der Waals surface area contributed by atoms with Crippen LogP contribution in [0.1, 0.15) is 34.6 Å². The molecule has 0 saturated carbocycles. The molecule has 0 fully saturated rings. The van der Waals surface area contributed by atoms with Crippen LogP contribution in [0.4, 0.5) is 0 Å². The standard InChI is InChI=1S/C15H32BrNO2/c1-6-18-10-8-17(9-11-19-7-2)13-14(12-16)15(3,4)5/h14H,6-13H2,1-5H3. The summed E-state index contributed by atoms with van der Waals surface area (Å²) < 4.78 is 11.0. The van der Waals surface area contributed by atoms with Crippen molar-refractivity contribution in [2.24, 2.45) is 11.3 Å². The quantitative estimate of drug-likeness (QED) is 0.426. The van der Waals surface area contributed by atoms with Gasteiger partial charge in [0.15, 0.2) is 0 Å². The average molecular weight is 338 g/mol. The highest BCUT2D eigenvalue weighted by Gasteiger charge is 2.25. The fourth-order valence-corrected chi connectivity index (χ4v) is 3.01. The fourth-order valence-electron chi connectivity index (χ4n) is 1.84. The van der Waals surface area contributed by atoms with Crippen molar-refractivity contribution in [3.05, 3.63) is 0 Å². The van der Waals surface area contributed by atoms with Gasteiger partial charge >= 0.3 is 0 Å². The summed E-state index contributed by atoms with van der Waals surface area (Å²) in [6.45, 7) is 17.3. The van der Waals surface area contributed by atoms with Gasteiger partial charge in [-0.15, -0.1) is 0 Å². The van der Waals surface area contributed by atoms with Crippen LogP contribution in [-0.2, 0) is 9.47 Å². The molecule has 0 heterocycles. The van der Waals surface area contributed by atoms with Crippen LogP contribution in [-0.4, -0.2) is 56.3 Å². The minimum atomic E-state index is 0.318. The summed E-state index contributed by atoms with van der Waals surface area (Å²) in [4.78, 5) is 2.46. The Morgan fingerprint density at radius 3 is 1.79 bits per heavy atom. The molecule has 0 amide bonds. The number of halogens is 1. The van der Waals surface area contributed by atoms with Crippen LogP contribution >= 0.6 is 15.9 Å². The van der Waals surface area contributed by atoms with Crippen molar-refractivity contribution in [2.75, 3.05) is 51.4 Å². The third kappa shape index (κ3) is 9.83. The Balaban J connectivity index is 4.28. The maximum absolute atomic E-state index is 5.48. The first-order valence-electron chi connectivity index (χ1n) is 7.39. The number of hydrogen-bond donors (Lipinski definition) is 0. The Morgan fingerprint density at radius 1 is 1.00 bits per heavy atom. The Bertz CT molecular complexity index is 197. The SMILES string of the molecule is CCOCCN(CCOCC)CC(CBr)C(C)(C)C. The normalized spacial score (nSPS) is 14.1. The molecule has 116 valence electrons. The van der Waals surface area contributed by atoms with E-state index in [1.807, 2.05) is 13.8 Å². The van der Waals surface area contributed by atoms with Crippen molar-refractivity contribution < 1.29 is 9.47 Å². The summed E-state index contributed by atoms with van der Waals surface area (Å²) in [5.41, 5.74) is 0.318. The molecule has 1 atom stereocenters. The molecule has 0 rings (SSSR count). The molecule has 0 aliphatic heterocycles. The minimum absolute atomic E-state index is 0.318. The van der Waals surface area contributed by atoms with Gasteiger partial charge in [0.1, 0.15) is 0 Å². The van der Waals surface area contributed by atoms with E-state index in [2.05, 4.69) is 41.6 Å². The Kier molecular flexibility index (Phi) is 11.3. The molecule has 0 aromatic carbocycles. The lowest BCUT2D eigenvalue weighted by molar-refractivity contribution is 0.0664. The van der Waals surface area contributed by atoms with Gasteiger partial charge in [-0.3, -0.25) is 4.90 Å². The lowest BCUT2D eigenvalue weighted by atomic mass is 9.82. The summed E-state index contributed by atoms with van der Waals surface area (Å²) in [6, 6.07) is 0. The fraction of sp³-hybridized carbons (Fsp3) is 1.00. The van der Waals surface area contributed by atoms with Crippen LogP contribution < -0.4 is 0 Å². The number of rotatable bonds is 11. The number of hydrogen-bond acceptors (Lipinski definition) is 3. The molecule has 0 radical (unpaired) electrons. The van der Waals surface area contributed by atoms with E-state index >= 15 is 0 Å². The smallest absolute Gasteiger partial charge is 0.0593 e. The third-order valence-electron chi connectivity index (χ3n) is 3.40. The van der Waals surface area contributed by atoms with Gasteiger partial charge in [-0.2, -0.15) is 0 Å². The second kappa shape index (κ2) is 11.1. The van der Waals surface area contributed by atoms with E-state index in [4.69, 9.17) is 9.47 Å². The zero-order valence-electron chi connectivity index (χ0n) is 13.4. The van der Waals surface area contributed by atoms with E-state index in [-0.39, 0.29) is 0 Å². The number of nitrogens with zero attached hydrogens (tertiary/aromatic N) is 1. The summed E-state index contributed by atoms with van der Waals surface area (Å²) >= 11 is 3.65. The molecule has 4 heteroatoms. The highest BCUT2D eigenvalue weighted by atomic mass is 79.9. The van der Waals surface area contributed by atoms with Gasteiger partial charge in [-0.25, -0.2) is 0 Å². The van der Waals surface area contributed by atoms with Crippen molar-refractivity contribution in [2.45, 2.75) is 34.6 Å². The van der Waals surface area contributed by atoms with Crippen molar-refractivity contribution in [1.29, 1.82) is 0 Å². The highest BCUT2D eigenvalue weighted by Crippen LogP contribution is 2.28. The molecule has 0 bridgehead atoms. The van der Waals surface area contributed by atoms with Crippen molar-refractivity contribution in [3.63, 3.8) is 0 Å². The molecule has 0 aromatic heterocycles. The van der Waals surface area contributed by atoms with Crippen LogP contribution in [0.5, 0.6) is 0 Å². The predicted molar refractivity (Wildman–Crippen MR) is 86.2 cm³/mol. The highest BCUT2D eigenvalue weighted by molar-refractivity contribution is 9.09. The molecule has 0 saturated heterocycles. The average Bonchev–Trinajstić information content (AvgIpc) is 2.34. The van der Waals surface area contributed by atoms with Gasteiger partial charge in [0, 0.05) is 38.2 Å². The van der Waals surface area contributed by atoms with Gasteiger partial charge in [0.05, 0.1) is 13.2 Å². The third-order valence-corrected chi connectivity index (χ3v) is 4.18. The zero-order valence-corrected chi connectivity index (χ0v) is 15.0. The molecule has 3 nitrogen and oxygen atoms in total. The minimum Gasteiger partial charge on any atom is -0.380 e. The summed E-state index contributed by atoms with van der Waals surface area (Å²) in [5, 5.41) is 1.04. The van der Waals surface area contributed by atoms with Gasteiger partial charge in [0.2, 0.25) is 0 Å². The second-order valence-electron chi connectivity index (χ2n) is 5.91. The second-order valence-corrected chi connectivity index (χ2v) is 6.56. The monoisotopic (exact) mass is 337 g/mol. The maximum atomic E-state index is 5.48. The molecular formula is C15H32BrNO2. The van der Waals surface area contributed by atoms with Crippen molar-refractivity contribution in [3.8, 4) is 0 Å². The van der Waals surface area contributed by atoms with Gasteiger partial charge in [0.25, 0.3) is 0 Å². The molecule has 0 spiro atoms. The zero-order chi connectivity index (χ0) is 14.7. The molecule has 19 heavy (non-hydrogen) atoms. The molecule has 1 unspecified atom stereocenters. The molecule has 0 N–H and O–H groups in total. The molecular weight excluding hydrogens is 306 g/mol. The van der Waals surface area contributed by atoms with E-state index in [0.717, 1.165) is 51.4 Å². The lowest BCUT2D eigenvalue weighted by Crippen LogP contribution is -2.39. The van der Waals surface area contributed by atoms with Gasteiger partial charge < -0.3 is 9.47 Å². The van der Waals surface area contributed by atoms with Gasteiger partial charge in [-0.1, -0.05) is 36.7 Å². The first-order chi connectivity index (χ1) is 8.95. The number of ether oxygens (including phenoxy) is 2. The van der Waals surface area contributed by atoms with Crippen LogP contribution in [0.15, 0.2) is 0 Å². The van der Waals surface area contributed by atoms with Crippen molar-refractivity contribution in [1.82, 2.24) is 4.90 Å². The number of alkyl halides is 1.